The number of hydrogen-bond donors (Lipinski definition) is 1. The van der Waals surface area contributed by atoms with Gasteiger partial charge in [0.2, 0.25) is 5.75 Å². The summed E-state index contributed by atoms with van der Waals surface area (Å²) >= 11 is 9.10. The first kappa shape index (κ1) is 14.8. The zero-order valence-electron chi connectivity index (χ0n) is 10.0. The molecular weight excluding hydrogens is 350 g/mol. The highest BCUT2D eigenvalue weighted by Gasteiger charge is 2.17. The van der Waals surface area contributed by atoms with Gasteiger partial charge in [-0.3, -0.25) is 10.1 Å². The fraction of sp³-hybridized carbons (Fsp3) is 0.0769. The monoisotopic (exact) mass is 357 g/mol. The van der Waals surface area contributed by atoms with Gasteiger partial charge in [0.05, 0.1) is 11.5 Å². The molecule has 2 aromatic rings. The molecule has 0 spiro atoms. The van der Waals surface area contributed by atoms with Crippen LogP contribution in [0, 0.1) is 10.1 Å². The van der Waals surface area contributed by atoms with E-state index in [2.05, 4.69) is 15.9 Å². The number of nitrogens with zero attached hydrogens (tertiary/aromatic N) is 1. The minimum absolute atomic E-state index is 0.0273. The number of aliphatic hydroxyl groups excluding tert-OH is 1. The van der Waals surface area contributed by atoms with E-state index in [4.69, 9.17) is 16.3 Å². The molecule has 0 amide bonds. The normalized spacial score (nSPS) is 10.3. The molecule has 0 bridgehead atoms. The zero-order chi connectivity index (χ0) is 14.7. The van der Waals surface area contributed by atoms with Gasteiger partial charge in [0, 0.05) is 27.2 Å². The van der Waals surface area contributed by atoms with Crippen LogP contribution >= 0.6 is 27.5 Å². The Kier molecular flexibility index (Phi) is 4.59. The number of nitro groups is 1. The lowest BCUT2D eigenvalue weighted by atomic mass is 10.2. The first-order valence-electron chi connectivity index (χ1n) is 5.52. The first-order chi connectivity index (χ1) is 9.51. The Labute approximate surface area is 128 Å². The number of ether oxygens (including phenoxy) is 1. The van der Waals surface area contributed by atoms with Gasteiger partial charge >= 0.3 is 5.69 Å². The average Bonchev–Trinajstić information content (AvgIpc) is 2.40. The molecule has 0 aliphatic rings. The molecule has 0 radical (unpaired) electrons. The first-order valence-corrected chi connectivity index (χ1v) is 6.69. The van der Waals surface area contributed by atoms with Crippen molar-refractivity contribution in [3.05, 3.63) is 61.6 Å². The van der Waals surface area contributed by atoms with Gasteiger partial charge in [-0.05, 0) is 24.3 Å². The van der Waals surface area contributed by atoms with Crippen LogP contribution in [0.25, 0.3) is 0 Å². The van der Waals surface area contributed by atoms with Crippen molar-refractivity contribution in [3.63, 3.8) is 0 Å². The summed E-state index contributed by atoms with van der Waals surface area (Å²) < 4.78 is 6.29. The number of nitro benzene ring substituents is 1. The summed E-state index contributed by atoms with van der Waals surface area (Å²) in [7, 11) is 0. The van der Waals surface area contributed by atoms with Crippen LogP contribution in [0.2, 0.25) is 5.02 Å². The Bertz CT molecular complexity index is 663. The smallest absolute Gasteiger partial charge is 0.311 e. The van der Waals surface area contributed by atoms with Crippen LogP contribution in [0.5, 0.6) is 11.5 Å². The Morgan fingerprint density at radius 2 is 2.00 bits per heavy atom. The van der Waals surface area contributed by atoms with Crippen molar-refractivity contribution in [1.29, 1.82) is 0 Å². The molecule has 0 saturated heterocycles. The summed E-state index contributed by atoms with van der Waals surface area (Å²) in [6.07, 6.45) is 0. The summed E-state index contributed by atoms with van der Waals surface area (Å²) in [5.74, 6) is 0.362. The van der Waals surface area contributed by atoms with Crippen molar-refractivity contribution in [2.45, 2.75) is 6.61 Å². The van der Waals surface area contributed by atoms with Crippen molar-refractivity contribution >= 4 is 33.2 Å². The third kappa shape index (κ3) is 3.27. The van der Waals surface area contributed by atoms with E-state index in [1.165, 1.54) is 18.2 Å². The molecule has 20 heavy (non-hydrogen) atoms. The van der Waals surface area contributed by atoms with E-state index < -0.39 is 4.92 Å². The maximum Gasteiger partial charge on any atom is 0.311 e. The lowest BCUT2D eigenvalue weighted by molar-refractivity contribution is -0.385. The number of aliphatic hydroxyl groups is 1. The second-order valence-corrected chi connectivity index (χ2v) is 5.23. The number of halogens is 2. The van der Waals surface area contributed by atoms with Crippen molar-refractivity contribution in [2.75, 3.05) is 0 Å². The summed E-state index contributed by atoms with van der Waals surface area (Å²) in [5.41, 5.74) is 0.315. The Morgan fingerprint density at radius 1 is 1.25 bits per heavy atom. The molecule has 5 nitrogen and oxygen atoms in total. The predicted octanol–water partition coefficient (Wildman–Crippen LogP) is 4.30. The molecular formula is C13H9BrClNO4. The number of rotatable bonds is 4. The quantitative estimate of drug-likeness (QED) is 0.653. The zero-order valence-corrected chi connectivity index (χ0v) is 12.4. The predicted molar refractivity (Wildman–Crippen MR) is 78.2 cm³/mol. The van der Waals surface area contributed by atoms with E-state index in [1.807, 2.05) is 0 Å². The van der Waals surface area contributed by atoms with Crippen molar-refractivity contribution in [1.82, 2.24) is 0 Å². The SMILES string of the molecule is O=[N+]([O-])c1ccc(Cl)cc1Oc1ccc(Br)cc1CO. The Hall–Kier alpha value is -1.63. The highest BCUT2D eigenvalue weighted by Crippen LogP contribution is 2.35. The summed E-state index contributed by atoms with van der Waals surface area (Å²) in [4.78, 5) is 10.4. The molecule has 0 aliphatic carbocycles. The Balaban J connectivity index is 2.44. The van der Waals surface area contributed by atoms with Gasteiger partial charge in [0.15, 0.2) is 0 Å². The highest BCUT2D eigenvalue weighted by atomic mass is 79.9. The van der Waals surface area contributed by atoms with Gasteiger partial charge < -0.3 is 9.84 Å². The van der Waals surface area contributed by atoms with Crippen LogP contribution in [0.15, 0.2) is 40.9 Å². The molecule has 0 unspecified atom stereocenters. The van der Waals surface area contributed by atoms with Crippen LogP contribution in [-0.2, 0) is 6.61 Å². The molecule has 2 aromatic carbocycles. The molecule has 0 aromatic heterocycles. The van der Waals surface area contributed by atoms with Gasteiger partial charge in [0.25, 0.3) is 0 Å². The van der Waals surface area contributed by atoms with E-state index in [0.717, 1.165) is 4.47 Å². The molecule has 0 aliphatic heterocycles. The minimum atomic E-state index is -0.552. The van der Waals surface area contributed by atoms with Crippen LogP contribution in [-0.4, -0.2) is 10.0 Å². The molecule has 2 rings (SSSR count). The maximum absolute atomic E-state index is 11.0. The molecule has 0 fully saturated rings. The second-order valence-electron chi connectivity index (χ2n) is 3.88. The lowest BCUT2D eigenvalue weighted by Gasteiger charge is -2.10. The third-order valence-corrected chi connectivity index (χ3v) is 3.26. The van der Waals surface area contributed by atoms with Gasteiger partial charge in [-0.15, -0.1) is 0 Å². The largest absolute Gasteiger partial charge is 0.450 e. The number of hydrogen-bond acceptors (Lipinski definition) is 4. The van der Waals surface area contributed by atoms with E-state index >= 15 is 0 Å². The molecule has 7 heteroatoms. The van der Waals surface area contributed by atoms with Gasteiger partial charge in [-0.2, -0.15) is 0 Å². The average molecular weight is 359 g/mol. The van der Waals surface area contributed by atoms with Gasteiger partial charge in [-0.25, -0.2) is 0 Å². The third-order valence-electron chi connectivity index (χ3n) is 2.53. The molecule has 0 heterocycles. The number of benzene rings is 2. The van der Waals surface area contributed by atoms with Crippen LogP contribution in [0.1, 0.15) is 5.56 Å². The fourth-order valence-corrected chi connectivity index (χ4v) is 2.18. The standard InChI is InChI=1S/C13H9BrClNO4/c14-9-1-4-12(8(5-9)7-17)20-13-6-10(15)2-3-11(13)16(18)19/h1-6,17H,7H2. The molecule has 0 atom stereocenters. The fourth-order valence-electron chi connectivity index (χ4n) is 1.61. The van der Waals surface area contributed by atoms with E-state index in [-0.39, 0.29) is 18.0 Å². The topological polar surface area (TPSA) is 72.6 Å². The molecule has 0 saturated carbocycles. The van der Waals surface area contributed by atoms with E-state index in [9.17, 15) is 15.2 Å². The minimum Gasteiger partial charge on any atom is -0.450 e. The summed E-state index contributed by atoms with van der Waals surface area (Å²) in [6.45, 7) is -0.247. The van der Waals surface area contributed by atoms with Crippen molar-refractivity contribution in [2.24, 2.45) is 0 Å². The van der Waals surface area contributed by atoms with Crippen LogP contribution in [0.4, 0.5) is 5.69 Å². The second kappa shape index (κ2) is 6.21. The molecule has 104 valence electrons. The van der Waals surface area contributed by atoms with E-state index in [1.54, 1.807) is 18.2 Å². The van der Waals surface area contributed by atoms with Crippen LogP contribution < -0.4 is 4.74 Å². The van der Waals surface area contributed by atoms with Crippen LogP contribution in [0.3, 0.4) is 0 Å². The summed E-state index contributed by atoms with van der Waals surface area (Å²) in [6, 6.07) is 9.05. The maximum atomic E-state index is 11.0. The summed E-state index contributed by atoms with van der Waals surface area (Å²) in [5, 5.41) is 20.6. The highest BCUT2D eigenvalue weighted by molar-refractivity contribution is 9.10. The van der Waals surface area contributed by atoms with Crippen molar-refractivity contribution in [3.8, 4) is 11.5 Å². The Morgan fingerprint density at radius 3 is 2.65 bits per heavy atom. The van der Waals surface area contributed by atoms with E-state index in [0.29, 0.717) is 16.3 Å². The lowest BCUT2D eigenvalue weighted by Crippen LogP contribution is -1.96. The van der Waals surface area contributed by atoms with Crippen molar-refractivity contribution < 1.29 is 14.8 Å². The molecule has 1 N–H and O–H groups in total. The van der Waals surface area contributed by atoms with Gasteiger partial charge in [0.1, 0.15) is 5.75 Å². The van der Waals surface area contributed by atoms with Gasteiger partial charge in [-0.1, -0.05) is 27.5 Å².